The van der Waals surface area contributed by atoms with Crippen molar-refractivity contribution in [3.63, 3.8) is 0 Å². The molecular formula is C23H18N6O3. The number of carbonyl (C=O) groups excluding carboxylic acids is 2. The predicted octanol–water partition coefficient (Wildman–Crippen LogP) is 3.20. The molecule has 0 aliphatic carbocycles. The lowest BCUT2D eigenvalue weighted by Gasteiger charge is -2.17. The third-order valence-corrected chi connectivity index (χ3v) is 5.04. The van der Waals surface area contributed by atoms with E-state index in [2.05, 4.69) is 20.8 Å². The lowest BCUT2D eigenvalue weighted by atomic mass is 10.2. The molecule has 0 saturated carbocycles. The minimum Gasteiger partial charge on any atom is -0.457 e. The van der Waals surface area contributed by atoms with Crippen LogP contribution in [0.25, 0.3) is 5.69 Å². The minimum atomic E-state index is -0.637. The topological polar surface area (TPSA) is 102 Å². The number of hydrogen-bond donors (Lipinski definition) is 1. The van der Waals surface area contributed by atoms with Gasteiger partial charge in [0.25, 0.3) is 5.91 Å². The van der Waals surface area contributed by atoms with Crippen LogP contribution in [-0.4, -0.2) is 38.1 Å². The zero-order chi connectivity index (χ0) is 21.9. The molecule has 1 aliphatic rings. The van der Waals surface area contributed by atoms with Gasteiger partial charge < -0.3 is 10.1 Å². The molecule has 1 fully saturated rings. The number of aromatic nitrogens is 4. The minimum absolute atomic E-state index is 0.0792. The van der Waals surface area contributed by atoms with Gasteiger partial charge in [-0.05, 0) is 71.1 Å². The lowest BCUT2D eigenvalue weighted by Crippen LogP contribution is -2.34. The molecule has 1 atom stereocenters. The summed E-state index contributed by atoms with van der Waals surface area (Å²) in [6.45, 7) is 0. The van der Waals surface area contributed by atoms with Crippen LogP contribution in [0.2, 0.25) is 0 Å². The molecule has 1 aromatic heterocycles. The first-order valence-corrected chi connectivity index (χ1v) is 9.97. The van der Waals surface area contributed by atoms with Gasteiger partial charge in [-0.15, -0.1) is 5.10 Å². The van der Waals surface area contributed by atoms with Crippen LogP contribution < -0.4 is 15.0 Å². The van der Waals surface area contributed by atoms with E-state index in [1.807, 2.05) is 54.6 Å². The van der Waals surface area contributed by atoms with Crippen molar-refractivity contribution in [3.05, 3.63) is 85.2 Å². The molecule has 1 unspecified atom stereocenters. The third-order valence-electron chi connectivity index (χ3n) is 5.04. The van der Waals surface area contributed by atoms with E-state index in [4.69, 9.17) is 4.74 Å². The highest BCUT2D eigenvalue weighted by atomic mass is 16.5. The second-order valence-electron chi connectivity index (χ2n) is 7.18. The fourth-order valence-electron chi connectivity index (χ4n) is 3.49. The molecule has 1 aliphatic heterocycles. The van der Waals surface area contributed by atoms with Crippen molar-refractivity contribution in [3.8, 4) is 17.2 Å². The van der Waals surface area contributed by atoms with E-state index < -0.39 is 6.04 Å². The van der Waals surface area contributed by atoms with Crippen LogP contribution in [0.1, 0.15) is 6.42 Å². The van der Waals surface area contributed by atoms with Crippen molar-refractivity contribution in [1.29, 1.82) is 0 Å². The second kappa shape index (κ2) is 8.31. The van der Waals surface area contributed by atoms with E-state index >= 15 is 0 Å². The molecule has 158 valence electrons. The Kier molecular flexibility index (Phi) is 5.04. The fourth-order valence-corrected chi connectivity index (χ4v) is 3.49. The molecule has 0 spiro atoms. The first-order valence-electron chi connectivity index (χ1n) is 9.97. The molecule has 9 heteroatoms. The van der Waals surface area contributed by atoms with Gasteiger partial charge in [0.05, 0.1) is 17.8 Å². The van der Waals surface area contributed by atoms with Gasteiger partial charge in [0, 0.05) is 5.69 Å². The zero-order valence-corrected chi connectivity index (χ0v) is 16.8. The number of imide groups is 1. The van der Waals surface area contributed by atoms with E-state index in [0.29, 0.717) is 17.2 Å². The fraction of sp³-hybridized carbons (Fsp3) is 0.0870. The molecule has 0 bridgehead atoms. The summed E-state index contributed by atoms with van der Waals surface area (Å²) in [5.74, 6) is 0.783. The van der Waals surface area contributed by atoms with Crippen molar-refractivity contribution < 1.29 is 14.3 Å². The van der Waals surface area contributed by atoms with Crippen LogP contribution in [0.15, 0.2) is 85.2 Å². The SMILES string of the molecule is O=C1CC(Nc2ccc(-n3cnnn3)cc2)C(=O)N1c1ccc(Oc2ccccc2)cc1. The van der Waals surface area contributed by atoms with Crippen LogP contribution in [0, 0.1) is 0 Å². The molecule has 3 aromatic carbocycles. The number of para-hydroxylation sites is 1. The number of hydrogen-bond acceptors (Lipinski definition) is 7. The molecule has 9 nitrogen and oxygen atoms in total. The van der Waals surface area contributed by atoms with Crippen LogP contribution >= 0.6 is 0 Å². The normalized spacial score (nSPS) is 15.8. The summed E-state index contributed by atoms with van der Waals surface area (Å²) in [5, 5.41) is 14.2. The molecule has 32 heavy (non-hydrogen) atoms. The molecule has 0 radical (unpaired) electrons. The van der Waals surface area contributed by atoms with E-state index in [9.17, 15) is 9.59 Å². The van der Waals surface area contributed by atoms with Gasteiger partial charge in [-0.3, -0.25) is 9.59 Å². The maximum absolute atomic E-state index is 12.9. The largest absolute Gasteiger partial charge is 0.457 e. The molecule has 1 saturated heterocycles. The van der Waals surface area contributed by atoms with Crippen LogP contribution in [0.3, 0.4) is 0 Å². The van der Waals surface area contributed by atoms with Crippen molar-refractivity contribution in [1.82, 2.24) is 20.2 Å². The van der Waals surface area contributed by atoms with E-state index in [1.165, 1.54) is 15.9 Å². The van der Waals surface area contributed by atoms with Gasteiger partial charge in [-0.25, -0.2) is 9.58 Å². The maximum Gasteiger partial charge on any atom is 0.256 e. The monoisotopic (exact) mass is 426 g/mol. The van der Waals surface area contributed by atoms with Gasteiger partial charge >= 0.3 is 0 Å². The average Bonchev–Trinajstić information content (AvgIpc) is 3.45. The first-order chi connectivity index (χ1) is 15.7. The smallest absolute Gasteiger partial charge is 0.256 e. The number of rotatable bonds is 6. The highest BCUT2D eigenvalue weighted by Crippen LogP contribution is 2.28. The van der Waals surface area contributed by atoms with Gasteiger partial charge in [0.2, 0.25) is 5.91 Å². The highest BCUT2D eigenvalue weighted by Gasteiger charge is 2.39. The Morgan fingerprint density at radius 1 is 0.844 bits per heavy atom. The van der Waals surface area contributed by atoms with Gasteiger partial charge in [-0.1, -0.05) is 18.2 Å². The molecule has 1 N–H and O–H groups in total. The molecular weight excluding hydrogens is 408 g/mol. The Labute approximate surface area is 183 Å². The number of benzene rings is 3. The standard InChI is InChI=1S/C23H18N6O3/c30-22-14-21(25-16-6-8-17(9-7-16)28-15-24-26-27-28)23(31)29(22)18-10-12-20(13-11-18)32-19-4-2-1-3-5-19/h1-13,15,21,25H,14H2. The van der Waals surface area contributed by atoms with Crippen molar-refractivity contribution >= 4 is 23.2 Å². The summed E-state index contributed by atoms with van der Waals surface area (Å²) in [6.07, 6.45) is 1.57. The summed E-state index contributed by atoms with van der Waals surface area (Å²) >= 11 is 0. The van der Waals surface area contributed by atoms with Crippen LogP contribution in [0.4, 0.5) is 11.4 Å². The number of amides is 2. The van der Waals surface area contributed by atoms with Crippen molar-refractivity contribution in [2.75, 3.05) is 10.2 Å². The Balaban J connectivity index is 1.26. The summed E-state index contributed by atoms with van der Waals surface area (Å²) in [5.41, 5.74) is 2.02. The average molecular weight is 426 g/mol. The lowest BCUT2D eigenvalue weighted by molar-refractivity contribution is -0.121. The van der Waals surface area contributed by atoms with Gasteiger partial charge in [0.15, 0.2) is 0 Å². The van der Waals surface area contributed by atoms with Crippen molar-refractivity contribution in [2.45, 2.75) is 12.5 Å². The molecule has 2 amide bonds. The maximum atomic E-state index is 12.9. The van der Waals surface area contributed by atoms with Gasteiger partial charge in [0.1, 0.15) is 23.9 Å². The van der Waals surface area contributed by atoms with Gasteiger partial charge in [-0.2, -0.15) is 0 Å². The number of anilines is 2. The van der Waals surface area contributed by atoms with E-state index in [1.54, 1.807) is 24.3 Å². The number of tetrazole rings is 1. The summed E-state index contributed by atoms with van der Waals surface area (Å²) < 4.78 is 7.30. The zero-order valence-electron chi connectivity index (χ0n) is 16.8. The Morgan fingerprint density at radius 2 is 1.53 bits per heavy atom. The molecule has 5 rings (SSSR count). The molecule has 4 aromatic rings. The van der Waals surface area contributed by atoms with Crippen LogP contribution in [-0.2, 0) is 9.59 Å². The Bertz CT molecular complexity index is 1230. The summed E-state index contributed by atoms with van der Waals surface area (Å²) in [6, 6.07) is 22.9. The Hall–Kier alpha value is -4.53. The molecule has 2 heterocycles. The number of carbonyl (C=O) groups is 2. The number of ether oxygens (including phenoxy) is 1. The summed E-state index contributed by atoms with van der Waals surface area (Å²) in [4.78, 5) is 26.7. The van der Waals surface area contributed by atoms with Crippen molar-refractivity contribution in [2.24, 2.45) is 0 Å². The van der Waals surface area contributed by atoms with Crippen LogP contribution in [0.5, 0.6) is 11.5 Å². The quantitative estimate of drug-likeness (QED) is 0.472. The predicted molar refractivity (Wildman–Crippen MR) is 117 cm³/mol. The third kappa shape index (κ3) is 3.91. The van der Waals surface area contributed by atoms with E-state index in [0.717, 1.165) is 11.4 Å². The number of nitrogens with one attached hydrogen (secondary N) is 1. The summed E-state index contributed by atoms with van der Waals surface area (Å²) in [7, 11) is 0. The highest BCUT2D eigenvalue weighted by molar-refractivity contribution is 6.23. The Morgan fingerprint density at radius 3 is 2.22 bits per heavy atom. The number of nitrogens with zero attached hydrogens (tertiary/aromatic N) is 5. The first kappa shape index (κ1) is 19.4. The van der Waals surface area contributed by atoms with E-state index in [-0.39, 0.29) is 18.2 Å². The second-order valence-corrected chi connectivity index (χ2v) is 7.18.